The Hall–Kier alpha value is -3.07. The molecule has 1 aliphatic heterocycles. The second-order valence-corrected chi connectivity index (χ2v) is 6.71. The molecule has 3 heterocycles. The molecule has 1 unspecified atom stereocenters. The number of benzene rings is 1. The van der Waals surface area contributed by atoms with E-state index in [1.54, 1.807) is 29.3 Å². The normalized spacial score (nSPS) is 19.3. The summed E-state index contributed by atoms with van der Waals surface area (Å²) in [6.07, 6.45) is 2.30. The highest BCUT2D eigenvalue weighted by Crippen LogP contribution is 2.37. The van der Waals surface area contributed by atoms with E-state index in [0.717, 1.165) is 0 Å². The van der Waals surface area contributed by atoms with Gasteiger partial charge < -0.3 is 16.0 Å². The average Bonchev–Trinajstić information content (AvgIpc) is 3.29. The van der Waals surface area contributed by atoms with Crippen molar-refractivity contribution in [3.8, 4) is 0 Å². The van der Waals surface area contributed by atoms with Crippen LogP contribution in [0.25, 0.3) is 5.65 Å². The van der Waals surface area contributed by atoms with E-state index in [-0.39, 0.29) is 30.7 Å². The molecule has 0 spiro atoms. The van der Waals surface area contributed by atoms with Crippen molar-refractivity contribution < 1.29 is 13.6 Å². The topological polar surface area (TPSA) is 88.5 Å². The molecule has 3 aromatic rings. The number of carbonyl (C=O) groups is 1. The first-order valence-corrected chi connectivity index (χ1v) is 9.05. The Kier molecular flexibility index (Phi) is 4.91. The van der Waals surface area contributed by atoms with Crippen LogP contribution in [0.4, 0.5) is 14.6 Å². The van der Waals surface area contributed by atoms with Crippen LogP contribution in [0, 0.1) is 5.82 Å². The molecule has 1 aromatic carbocycles. The Labute approximate surface area is 160 Å². The van der Waals surface area contributed by atoms with Crippen LogP contribution >= 0.6 is 0 Å². The maximum atomic E-state index is 14.2. The molecule has 0 bridgehead atoms. The maximum absolute atomic E-state index is 14.2. The van der Waals surface area contributed by atoms with Gasteiger partial charge in [0.2, 0.25) is 0 Å². The van der Waals surface area contributed by atoms with Gasteiger partial charge in [-0.15, -0.1) is 0 Å². The van der Waals surface area contributed by atoms with Gasteiger partial charge >= 0.3 is 0 Å². The Morgan fingerprint density at radius 1 is 1.36 bits per heavy atom. The molecule has 0 aliphatic carbocycles. The van der Waals surface area contributed by atoms with Crippen molar-refractivity contribution in [2.45, 2.75) is 18.6 Å². The number of nitrogens with one attached hydrogen (secondary N) is 1. The molecule has 2 atom stereocenters. The standard InChI is InChI=1S/C19H20F2N6O/c20-13-3-1-2-12(8-13)16-9-14(21)11-26(16)17-4-7-27-18(25-17)15(10-24-27)19(28)23-6-5-22/h1-4,7-8,10,14,16H,5-6,9,11,22H2,(H,23,28)/t14-,16?/m0/s1. The maximum Gasteiger partial charge on any atom is 0.256 e. The van der Waals surface area contributed by atoms with Crippen molar-refractivity contribution in [3.63, 3.8) is 0 Å². The van der Waals surface area contributed by atoms with Crippen LogP contribution in [0.1, 0.15) is 28.4 Å². The van der Waals surface area contributed by atoms with Crippen LogP contribution < -0.4 is 16.0 Å². The smallest absolute Gasteiger partial charge is 0.256 e. The van der Waals surface area contributed by atoms with Gasteiger partial charge in [0.25, 0.3) is 5.91 Å². The Balaban J connectivity index is 1.70. The van der Waals surface area contributed by atoms with Gasteiger partial charge in [-0.1, -0.05) is 12.1 Å². The molecule has 2 aromatic heterocycles. The van der Waals surface area contributed by atoms with Crippen molar-refractivity contribution in [1.82, 2.24) is 19.9 Å². The van der Waals surface area contributed by atoms with Gasteiger partial charge in [-0.25, -0.2) is 18.3 Å². The fourth-order valence-corrected chi connectivity index (χ4v) is 3.53. The SMILES string of the molecule is NCCNC(=O)c1cnn2ccc(N3C[C@@H](F)CC3c3cccc(F)c3)nc12. The fraction of sp³-hybridized carbons (Fsp3) is 0.316. The largest absolute Gasteiger partial charge is 0.351 e. The van der Waals surface area contributed by atoms with Crippen molar-refractivity contribution >= 4 is 17.4 Å². The number of nitrogens with two attached hydrogens (primary N) is 1. The molecule has 146 valence electrons. The van der Waals surface area contributed by atoms with Crippen LogP contribution in [0.5, 0.6) is 0 Å². The summed E-state index contributed by atoms with van der Waals surface area (Å²) < 4.78 is 29.4. The zero-order valence-electron chi connectivity index (χ0n) is 15.1. The Bertz CT molecular complexity index is 1010. The van der Waals surface area contributed by atoms with Crippen LogP contribution in [-0.2, 0) is 0 Å². The first-order valence-electron chi connectivity index (χ1n) is 9.05. The van der Waals surface area contributed by atoms with E-state index < -0.39 is 6.17 Å². The van der Waals surface area contributed by atoms with Gasteiger partial charge in [0.05, 0.1) is 18.8 Å². The third-order valence-electron chi connectivity index (χ3n) is 4.81. The summed E-state index contributed by atoms with van der Waals surface area (Å²) in [5.74, 6) is -0.176. The van der Waals surface area contributed by atoms with Crippen molar-refractivity contribution in [2.75, 3.05) is 24.5 Å². The first-order chi connectivity index (χ1) is 13.6. The summed E-state index contributed by atoms with van der Waals surface area (Å²) in [5, 5.41) is 6.83. The lowest BCUT2D eigenvalue weighted by Crippen LogP contribution is -2.29. The molecule has 28 heavy (non-hydrogen) atoms. The molecular formula is C19H20F2N6O. The number of aromatic nitrogens is 3. The number of carbonyl (C=O) groups excluding carboxylic acids is 1. The molecule has 0 saturated carbocycles. The molecule has 7 nitrogen and oxygen atoms in total. The molecule has 1 amide bonds. The zero-order chi connectivity index (χ0) is 19.7. The summed E-state index contributed by atoms with van der Waals surface area (Å²) in [4.78, 5) is 18.7. The second-order valence-electron chi connectivity index (χ2n) is 6.71. The summed E-state index contributed by atoms with van der Waals surface area (Å²) >= 11 is 0. The van der Waals surface area contributed by atoms with Gasteiger partial charge in [0.1, 0.15) is 23.4 Å². The van der Waals surface area contributed by atoms with Crippen LogP contribution in [-0.4, -0.2) is 46.3 Å². The lowest BCUT2D eigenvalue weighted by atomic mass is 10.0. The second kappa shape index (κ2) is 7.51. The fourth-order valence-electron chi connectivity index (χ4n) is 3.53. The minimum atomic E-state index is -1.05. The summed E-state index contributed by atoms with van der Waals surface area (Å²) in [6, 6.07) is 7.55. The minimum Gasteiger partial charge on any atom is -0.351 e. The lowest BCUT2D eigenvalue weighted by molar-refractivity contribution is 0.0956. The van der Waals surface area contributed by atoms with Crippen molar-refractivity contribution in [2.24, 2.45) is 5.73 Å². The first kappa shape index (κ1) is 18.3. The van der Waals surface area contributed by atoms with E-state index in [1.165, 1.54) is 22.8 Å². The molecule has 9 heteroatoms. The Morgan fingerprint density at radius 2 is 2.21 bits per heavy atom. The van der Waals surface area contributed by atoms with Crippen LogP contribution in [0.2, 0.25) is 0 Å². The number of rotatable bonds is 5. The van der Waals surface area contributed by atoms with E-state index in [2.05, 4.69) is 15.4 Å². The summed E-state index contributed by atoms with van der Waals surface area (Å²) in [6.45, 7) is 0.810. The monoisotopic (exact) mass is 386 g/mol. The quantitative estimate of drug-likeness (QED) is 0.699. The minimum absolute atomic E-state index is 0.146. The van der Waals surface area contributed by atoms with E-state index in [0.29, 0.717) is 35.7 Å². The predicted molar refractivity (Wildman–Crippen MR) is 100 cm³/mol. The highest BCUT2D eigenvalue weighted by atomic mass is 19.1. The molecule has 1 fully saturated rings. The molecule has 4 rings (SSSR count). The number of alkyl halides is 1. The Morgan fingerprint density at radius 3 is 3.00 bits per heavy atom. The number of amides is 1. The number of fused-ring (bicyclic) bond motifs is 1. The molecule has 1 aliphatic rings. The summed E-state index contributed by atoms with van der Waals surface area (Å²) in [5.41, 5.74) is 6.80. The predicted octanol–water partition coefficient (Wildman–Crippen LogP) is 1.85. The van der Waals surface area contributed by atoms with Gasteiger partial charge in [-0.3, -0.25) is 4.79 Å². The molecule has 0 radical (unpaired) electrons. The third-order valence-corrected chi connectivity index (χ3v) is 4.81. The lowest BCUT2D eigenvalue weighted by Gasteiger charge is -2.25. The van der Waals surface area contributed by atoms with Crippen LogP contribution in [0.3, 0.4) is 0 Å². The molecular weight excluding hydrogens is 366 g/mol. The number of nitrogens with zero attached hydrogens (tertiary/aromatic N) is 4. The number of anilines is 1. The zero-order valence-corrected chi connectivity index (χ0v) is 15.1. The van der Waals surface area contributed by atoms with Crippen LogP contribution in [0.15, 0.2) is 42.7 Å². The van der Waals surface area contributed by atoms with Gasteiger partial charge in [0.15, 0.2) is 5.65 Å². The third kappa shape index (κ3) is 3.40. The van der Waals surface area contributed by atoms with E-state index >= 15 is 0 Å². The number of hydrogen-bond acceptors (Lipinski definition) is 5. The van der Waals surface area contributed by atoms with Gasteiger partial charge in [-0.2, -0.15) is 5.10 Å². The molecule has 3 N–H and O–H groups in total. The molecule has 1 saturated heterocycles. The number of halogens is 2. The van der Waals surface area contributed by atoms with Crippen molar-refractivity contribution in [1.29, 1.82) is 0 Å². The van der Waals surface area contributed by atoms with Gasteiger partial charge in [-0.05, 0) is 23.8 Å². The highest BCUT2D eigenvalue weighted by molar-refractivity contribution is 5.99. The van der Waals surface area contributed by atoms with E-state index in [1.807, 2.05) is 0 Å². The van der Waals surface area contributed by atoms with E-state index in [4.69, 9.17) is 5.73 Å². The number of hydrogen-bond donors (Lipinski definition) is 2. The van der Waals surface area contributed by atoms with Crippen molar-refractivity contribution in [3.05, 3.63) is 59.7 Å². The summed E-state index contributed by atoms with van der Waals surface area (Å²) in [7, 11) is 0. The average molecular weight is 386 g/mol. The van der Waals surface area contributed by atoms with E-state index in [9.17, 15) is 13.6 Å². The van der Waals surface area contributed by atoms with Gasteiger partial charge in [0, 0.05) is 25.7 Å². The highest BCUT2D eigenvalue weighted by Gasteiger charge is 2.34.